The second-order valence-electron chi connectivity index (χ2n) is 9.33. The van der Waals surface area contributed by atoms with Gasteiger partial charge in [-0.3, -0.25) is 0 Å². The number of nitrogens with one attached hydrogen (secondary N) is 2. The summed E-state index contributed by atoms with van der Waals surface area (Å²) >= 11 is 0. The lowest BCUT2D eigenvalue weighted by atomic mass is 9.85. The van der Waals surface area contributed by atoms with Crippen LogP contribution in [0.3, 0.4) is 0 Å². The van der Waals surface area contributed by atoms with Gasteiger partial charge in [-0.05, 0) is 70.0 Å². The zero-order valence-electron chi connectivity index (χ0n) is 20.6. The van der Waals surface area contributed by atoms with E-state index in [0.717, 1.165) is 86.7 Å². The maximum atomic E-state index is 12.1. The Bertz CT molecular complexity index is 1220. The first-order chi connectivity index (χ1) is 16.9. The predicted octanol–water partition coefficient (Wildman–Crippen LogP) is 3.94. The van der Waals surface area contributed by atoms with E-state index in [1.807, 2.05) is 4.68 Å². The van der Waals surface area contributed by atoms with Gasteiger partial charge in [0.25, 0.3) is 0 Å². The van der Waals surface area contributed by atoms with Gasteiger partial charge < -0.3 is 10.4 Å². The molecule has 1 aromatic carbocycles. The zero-order chi connectivity index (χ0) is 24.8. The Balaban J connectivity index is 1.59. The molecule has 3 N–H and O–H groups in total. The molecular formula is C25H36N6O3S. The Morgan fingerprint density at radius 2 is 1.86 bits per heavy atom. The van der Waals surface area contributed by atoms with Crippen LogP contribution in [0.1, 0.15) is 58.3 Å². The molecule has 190 valence electrons. The lowest BCUT2D eigenvalue weighted by Gasteiger charge is -2.25. The first kappa shape index (κ1) is 25.5. The molecular weight excluding hydrogens is 464 g/mol. The molecule has 0 amide bonds. The highest BCUT2D eigenvalue weighted by molar-refractivity contribution is 7.89. The molecule has 1 aliphatic rings. The predicted molar refractivity (Wildman–Crippen MR) is 138 cm³/mol. The van der Waals surface area contributed by atoms with Gasteiger partial charge in [-0.2, -0.15) is 10.1 Å². The number of unbranched alkanes of at least 4 members (excludes halogenated alkanes) is 1. The van der Waals surface area contributed by atoms with Crippen molar-refractivity contribution in [2.75, 3.05) is 18.9 Å². The fraction of sp³-hybridized carbons (Fsp3) is 0.560. The molecule has 1 aliphatic carbocycles. The average Bonchev–Trinajstić information content (AvgIpc) is 3.23. The third-order valence-electron chi connectivity index (χ3n) is 6.81. The van der Waals surface area contributed by atoms with Crippen molar-refractivity contribution >= 4 is 27.0 Å². The molecule has 0 radical (unpaired) electrons. The number of aryl methyl sites for hydroxylation is 1. The summed E-state index contributed by atoms with van der Waals surface area (Å²) in [6.07, 6.45) is 9.87. The van der Waals surface area contributed by atoms with E-state index in [1.54, 1.807) is 30.5 Å². The summed E-state index contributed by atoms with van der Waals surface area (Å²) in [5.41, 5.74) is 2.34. The SMILES string of the molecule is CCCCNc1ncc2c(-c3ccc(S(=O)(=O)NC)cc3)nn(CCCC3CCC(O)CC3)c2n1. The molecule has 0 aliphatic heterocycles. The van der Waals surface area contributed by atoms with Crippen LogP contribution in [0.4, 0.5) is 5.95 Å². The van der Waals surface area contributed by atoms with E-state index >= 15 is 0 Å². The van der Waals surface area contributed by atoms with E-state index in [4.69, 9.17) is 10.1 Å². The van der Waals surface area contributed by atoms with Crippen molar-refractivity contribution in [3.8, 4) is 11.3 Å². The molecule has 4 rings (SSSR count). The van der Waals surface area contributed by atoms with Gasteiger partial charge in [0.15, 0.2) is 5.65 Å². The van der Waals surface area contributed by atoms with Gasteiger partial charge in [0.2, 0.25) is 16.0 Å². The maximum Gasteiger partial charge on any atom is 0.240 e. The molecule has 9 nitrogen and oxygen atoms in total. The molecule has 0 saturated heterocycles. The van der Waals surface area contributed by atoms with Crippen molar-refractivity contribution < 1.29 is 13.5 Å². The minimum atomic E-state index is -3.50. The van der Waals surface area contributed by atoms with Crippen LogP contribution < -0.4 is 10.0 Å². The number of rotatable bonds is 11. The summed E-state index contributed by atoms with van der Waals surface area (Å²) in [5, 5.41) is 18.8. The summed E-state index contributed by atoms with van der Waals surface area (Å²) in [6, 6.07) is 6.73. The summed E-state index contributed by atoms with van der Waals surface area (Å²) in [6.45, 7) is 3.71. The van der Waals surface area contributed by atoms with Crippen molar-refractivity contribution in [2.45, 2.75) is 75.8 Å². The van der Waals surface area contributed by atoms with Crippen molar-refractivity contribution in [3.63, 3.8) is 0 Å². The standard InChI is InChI=1S/C25H36N6O3S/c1-3-4-15-27-25-28-17-22-23(19-9-13-21(14-10-19)35(33,34)26-2)30-31(24(22)29-25)16-5-6-18-7-11-20(32)12-8-18/h9-10,13-14,17-18,20,26,32H,3-8,11-12,15-16H2,1-2H3,(H,27,28,29). The van der Waals surface area contributed by atoms with Crippen LogP contribution in [0.25, 0.3) is 22.3 Å². The molecule has 2 aromatic heterocycles. The average molecular weight is 501 g/mol. The molecule has 10 heteroatoms. The first-order valence-corrected chi connectivity index (χ1v) is 14.1. The number of fused-ring (bicyclic) bond motifs is 1. The van der Waals surface area contributed by atoms with Crippen LogP contribution in [0.5, 0.6) is 0 Å². The smallest absolute Gasteiger partial charge is 0.240 e. The van der Waals surface area contributed by atoms with E-state index < -0.39 is 10.0 Å². The second kappa shape index (κ2) is 11.5. The Morgan fingerprint density at radius 1 is 1.11 bits per heavy atom. The number of nitrogens with zero attached hydrogens (tertiary/aromatic N) is 4. The maximum absolute atomic E-state index is 12.1. The molecule has 2 heterocycles. The van der Waals surface area contributed by atoms with E-state index in [9.17, 15) is 13.5 Å². The van der Waals surface area contributed by atoms with Gasteiger partial charge in [-0.15, -0.1) is 0 Å². The lowest BCUT2D eigenvalue weighted by molar-refractivity contribution is 0.105. The molecule has 3 aromatic rings. The number of hydrogen-bond donors (Lipinski definition) is 3. The van der Waals surface area contributed by atoms with Gasteiger partial charge in [0.05, 0.1) is 16.4 Å². The van der Waals surface area contributed by atoms with Crippen LogP contribution in [0.2, 0.25) is 0 Å². The molecule has 35 heavy (non-hydrogen) atoms. The van der Waals surface area contributed by atoms with Gasteiger partial charge in [-0.25, -0.2) is 22.8 Å². The summed E-state index contributed by atoms with van der Waals surface area (Å²) in [4.78, 5) is 9.49. The van der Waals surface area contributed by atoms with Gasteiger partial charge >= 0.3 is 0 Å². The number of benzene rings is 1. The van der Waals surface area contributed by atoms with E-state index in [-0.39, 0.29) is 11.0 Å². The normalized spacial score (nSPS) is 18.7. The summed E-state index contributed by atoms with van der Waals surface area (Å²) in [5.74, 6) is 1.25. The van der Waals surface area contributed by atoms with Crippen LogP contribution in [0, 0.1) is 5.92 Å². The third-order valence-corrected chi connectivity index (χ3v) is 8.24. The first-order valence-electron chi connectivity index (χ1n) is 12.6. The summed E-state index contributed by atoms with van der Waals surface area (Å²) in [7, 11) is -2.10. The minimum Gasteiger partial charge on any atom is -0.393 e. The number of sulfonamides is 1. The fourth-order valence-electron chi connectivity index (χ4n) is 4.66. The zero-order valence-corrected chi connectivity index (χ0v) is 21.4. The van der Waals surface area contributed by atoms with Crippen molar-refractivity contribution in [1.29, 1.82) is 0 Å². The number of anilines is 1. The molecule has 0 bridgehead atoms. The van der Waals surface area contributed by atoms with E-state index in [0.29, 0.717) is 11.9 Å². The molecule has 1 saturated carbocycles. The molecule has 1 fully saturated rings. The van der Waals surface area contributed by atoms with Crippen LogP contribution in [-0.2, 0) is 16.6 Å². The molecule has 0 unspecified atom stereocenters. The van der Waals surface area contributed by atoms with Gasteiger partial charge in [0.1, 0.15) is 5.69 Å². The van der Waals surface area contributed by atoms with E-state index in [1.165, 1.54) is 7.05 Å². The Kier molecular flexibility index (Phi) is 8.35. The van der Waals surface area contributed by atoms with Crippen LogP contribution in [0.15, 0.2) is 35.4 Å². The minimum absolute atomic E-state index is 0.131. The van der Waals surface area contributed by atoms with Crippen molar-refractivity contribution in [1.82, 2.24) is 24.5 Å². The van der Waals surface area contributed by atoms with Crippen molar-refractivity contribution in [2.24, 2.45) is 5.92 Å². The highest BCUT2D eigenvalue weighted by Crippen LogP contribution is 2.30. The largest absolute Gasteiger partial charge is 0.393 e. The summed E-state index contributed by atoms with van der Waals surface area (Å²) < 4.78 is 28.5. The topological polar surface area (TPSA) is 122 Å². The van der Waals surface area contributed by atoms with E-state index in [2.05, 4.69) is 21.9 Å². The Labute approximate surface area is 207 Å². The van der Waals surface area contributed by atoms with Crippen LogP contribution >= 0.6 is 0 Å². The molecule has 0 spiro atoms. The highest BCUT2D eigenvalue weighted by atomic mass is 32.2. The Morgan fingerprint density at radius 3 is 2.54 bits per heavy atom. The number of hydrogen-bond acceptors (Lipinski definition) is 7. The second-order valence-corrected chi connectivity index (χ2v) is 11.2. The monoisotopic (exact) mass is 500 g/mol. The Hall–Kier alpha value is -2.56. The third kappa shape index (κ3) is 6.17. The molecule has 0 atom stereocenters. The van der Waals surface area contributed by atoms with Gasteiger partial charge in [0, 0.05) is 24.8 Å². The van der Waals surface area contributed by atoms with Crippen LogP contribution in [-0.4, -0.2) is 53.0 Å². The quantitative estimate of drug-likeness (QED) is 0.341. The van der Waals surface area contributed by atoms with Crippen molar-refractivity contribution in [3.05, 3.63) is 30.5 Å². The number of aliphatic hydroxyl groups excluding tert-OH is 1. The fourth-order valence-corrected chi connectivity index (χ4v) is 5.39. The van der Waals surface area contributed by atoms with Gasteiger partial charge in [-0.1, -0.05) is 25.5 Å². The highest BCUT2D eigenvalue weighted by Gasteiger charge is 2.20. The number of aliphatic hydroxyl groups is 1. The lowest BCUT2D eigenvalue weighted by Crippen LogP contribution is -2.18. The number of aromatic nitrogens is 4.